The monoisotopic (exact) mass is 510 g/mol. The maximum atomic E-state index is 13.0. The van der Waals surface area contributed by atoms with Gasteiger partial charge in [-0.1, -0.05) is 45.7 Å². The highest BCUT2D eigenvalue weighted by molar-refractivity contribution is 9.10. The van der Waals surface area contributed by atoms with Gasteiger partial charge in [-0.15, -0.1) is 11.3 Å². The highest BCUT2D eigenvalue weighted by Crippen LogP contribution is 2.30. The molecule has 0 atom stereocenters. The average molecular weight is 512 g/mol. The van der Waals surface area contributed by atoms with Gasteiger partial charge in [0.2, 0.25) is 0 Å². The first-order valence-electron chi connectivity index (χ1n) is 9.35. The van der Waals surface area contributed by atoms with Crippen molar-refractivity contribution < 1.29 is 8.42 Å². The van der Waals surface area contributed by atoms with Gasteiger partial charge in [-0.3, -0.25) is 0 Å². The summed E-state index contributed by atoms with van der Waals surface area (Å²) in [4.78, 5) is 7.36. The van der Waals surface area contributed by atoms with Crippen LogP contribution in [0.3, 0.4) is 0 Å². The molecule has 152 valence electrons. The van der Waals surface area contributed by atoms with E-state index in [0.29, 0.717) is 30.8 Å². The summed E-state index contributed by atoms with van der Waals surface area (Å²) in [7, 11) is -3.31. The van der Waals surface area contributed by atoms with Crippen LogP contribution in [0.1, 0.15) is 24.1 Å². The zero-order valence-electron chi connectivity index (χ0n) is 15.6. The molecule has 3 aromatic rings. The Bertz CT molecular complexity index is 1090. The number of halogens is 2. The summed E-state index contributed by atoms with van der Waals surface area (Å²) in [6, 6.07) is 14.8. The summed E-state index contributed by atoms with van der Waals surface area (Å²) in [6.07, 6.45) is 1.99. The van der Waals surface area contributed by atoms with Crippen LogP contribution in [0.15, 0.2) is 63.3 Å². The number of thiazole rings is 1. The van der Waals surface area contributed by atoms with E-state index in [1.165, 1.54) is 5.56 Å². The minimum absolute atomic E-state index is 0.346. The number of rotatable bonds is 5. The van der Waals surface area contributed by atoms with Crippen LogP contribution in [-0.4, -0.2) is 31.7 Å². The van der Waals surface area contributed by atoms with E-state index in [2.05, 4.69) is 26.2 Å². The molecule has 0 N–H and O–H groups in total. The maximum absolute atomic E-state index is 13.0. The third-order valence-electron chi connectivity index (χ3n) is 5.11. The van der Waals surface area contributed by atoms with Crippen molar-refractivity contribution in [3.8, 4) is 0 Å². The lowest BCUT2D eigenvalue weighted by Gasteiger charge is -2.31. The zero-order valence-corrected chi connectivity index (χ0v) is 19.6. The highest BCUT2D eigenvalue weighted by Gasteiger charge is 2.32. The standard InChI is InChI=1S/C21H20BrClN2O2S2/c22-16-2-1-3-20(13-16)29(26,27)19-8-10-25(11-9-19)21-24-18(14-28-21)12-15-4-6-17(23)7-5-15/h1-7,13-14,19H,8-12H2. The van der Waals surface area contributed by atoms with Crippen molar-refractivity contribution in [2.45, 2.75) is 29.4 Å². The lowest BCUT2D eigenvalue weighted by molar-refractivity contribution is 0.529. The lowest BCUT2D eigenvalue weighted by atomic mass is 10.1. The Labute approximate surface area is 188 Å². The topological polar surface area (TPSA) is 50.3 Å². The van der Waals surface area contributed by atoms with Crippen LogP contribution < -0.4 is 4.90 Å². The third kappa shape index (κ3) is 4.85. The number of hydrogen-bond donors (Lipinski definition) is 0. The van der Waals surface area contributed by atoms with Crippen molar-refractivity contribution in [2.24, 2.45) is 0 Å². The molecule has 0 bridgehead atoms. The van der Waals surface area contributed by atoms with Gasteiger partial charge in [-0.05, 0) is 48.7 Å². The predicted octanol–water partition coefficient (Wildman–Crippen LogP) is 5.59. The third-order valence-corrected chi connectivity index (χ3v) is 9.07. The normalized spacial score (nSPS) is 15.6. The fourth-order valence-electron chi connectivity index (χ4n) is 3.53. The smallest absolute Gasteiger partial charge is 0.185 e. The molecular formula is C21H20BrClN2O2S2. The summed E-state index contributed by atoms with van der Waals surface area (Å²) in [6.45, 7) is 1.40. The van der Waals surface area contributed by atoms with E-state index in [1.807, 2.05) is 30.3 Å². The molecule has 0 spiro atoms. The minimum Gasteiger partial charge on any atom is -0.348 e. The summed E-state index contributed by atoms with van der Waals surface area (Å²) < 4.78 is 26.7. The second-order valence-corrected chi connectivity index (χ2v) is 11.5. The number of piperidine rings is 1. The van der Waals surface area contributed by atoms with Gasteiger partial charge in [0.15, 0.2) is 15.0 Å². The number of nitrogens with zero attached hydrogens (tertiary/aromatic N) is 2. The molecule has 0 saturated carbocycles. The Morgan fingerprint density at radius 2 is 1.86 bits per heavy atom. The van der Waals surface area contributed by atoms with Crippen molar-refractivity contribution >= 4 is 53.8 Å². The van der Waals surface area contributed by atoms with E-state index in [-0.39, 0.29) is 5.25 Å². The maximum Gasteiger partial charge on any atom is 0.185 e. The van der Waals surface area contributed by atoms with Gasteiger partial charge in [-0.2, -0.15) is 0 Å². The Kier molecular flexibility index (Phi) is 6.30. The lowest BCUT2D eigenvalue weighted by Crippen LogP contribution is -2.39. The van der Waals surface area contributed by atoms with Crippen LogP contribution in [-0.2, 0) is 16.3 Å². The van der Waals surface area contributed by atoms with Crippen LogP contribution in [0.25, 0.3) is 0 Å². The fourth-order valence-corrected chi connectivity index (χ4v) is 6.86. The summed E-state index contributed by atoms with van der Waals surface area (Å²) in [5, 5.41) is 3.43. The molecule has 1 aromatic heterocycles. The first kappa shape index (κ1) is 20.8. The molecule has 8 heteroatoms. The van der Waals surface area contributed by atoms with Crippen LogP contribution in [0.2, 0.25) is 5.02 Å². The van der Waals surface area contributed by atoms with Crippen LogP contribution in [0.4, 0.5) is 5.13 Å². The minimum atomic E-state index is -3.31. The molecule has 2 heterocycles. The predicted molar refractivity (Wildman–Crippen MR) is 123 cm³/mol. The summed E-state index contributed by atoms with van der Waals surface area (Å²) >= 11 is 10.9. The van der Waals surface area contributed by atoms with Crippen LogP contribution >= 0.6 is 38.9 Å². The molecule has 0 aliphatic carbocycles. The van der Waals surface area contributed by atoms with E-state index in [1.54, 1.807) is 29.5 Å². The molecule has 2 aromatic carbocycles. The first-order valence-corrected chi connectivity index (χ1v) is 12.9. The van der Waals surface area contributed by atoms with Crippen molar-refractivity contribution in [2.75, 3.05) is 18.0 Å². The summed E-state index contributed by atoms with van der Waals surface area (Å²) in [5.41, 5.74) is 2.20. The molecule has 1 fully saturated rings. The van der Waals surface area contributed by atoms with E-state index >= 15 is 0 Å². The van der Waals surface area contributed by atoms with Crippen molar-refractivity contribution in [1.29, 1.82) is 0 Å². The molecule has 1 saturated heterocycles. The number of sulfone groups is 1. The second-order valence-electron chi connectivity index (χ2n) is 7.11. The van der Waals surface area contributed by atoms with Gasteiger partial charge in [-0.25, -0.2) is 13.4 Å². The Morgan fingerprint density at radius 1 is 1.14 bits per heavy atom. The zero-order chi connectivity index (χ0) is 20.4. The van der Waals surface area contributed by atoms with E-state index in [4.69, 9.17) is 16.6 Å². The first-order chi connectivity index (χ1) is 13.9. The molecule has 0 unspecified atom stereocenters. The number of anilines is 1. The molecule has 29 heavy (non-hydrogen) atoms. The van der Waals surface area contributed by atoms with Gasteiger partial charge in [0.05, 0.1) is 15.8 Å². The van der Waals surface area contributed by atoms with Crippen molar-refractivity contribution in [3.63, 3.8) is 0 Å². The molecule has 1 aliphatic rings. The van der Waals surface area contributed by atoms with E-state index in [9.17, 15) is 8.42 Å². The van der Waals surface area contributed by atoms with E-state index in [0.717, 1.165) is 26.7 Å². The number of benzene rings is 2. The van der Waals surface area contributed by atoms with Gasteiger partial charge < -0.3 is 4.90 Å². The van der Waals surface area contributed by atoms with Gasteiger partial charge >= 0.3 is 0 Å². The molecule has 1 aliphatic heterocycles. The van der Waals surface area contributed by atoms with E-state index < -0.39 is 9.84 Å². The second kappa shape index (κ2) is 8.76. The Hall–Kier alpha value is -1.41. The molecule has 0 radical (unpaired) electrons. The summed E-state index contributed by atoms with van der Waals surface area (Å²) in [5.74, 6) is 0. The van der Waals surface area contributed by atoms with Crippen LogP contribution in [0, 0.1) is 0 Å². The molecule has 4 nitrogen and oxygen atoms in total. The van der Waals surface area contributed by atoms with Gasteiger partial charge in [0.25, 0.3) is 0 Å². The van der Waals surface area contributed by atoms with Gasteiger partial charge in [0.1, 0.15) is 0 Å². The molecule has 0 amide bonds. The average Bonchev–Trinajstić information content (AvgIpc) is 3.18. The largest absolute Gasteiger partial charge is 0.348 e. The number of aromatic nitrogens is 1. The molecular weight excluding hydrogens is 492 g/mol. The SMILES string of the molecule is O=S(=O)(c1cccc(Br)c1)C1CCN(c2nc(Cc3ccc(Cl)cc3)cs2)CC1. The Morgan fingerprint density at radius 3 is 2.55 bits per heavy atom. The highest BCUT2D eigenvalue weighted by atomic mass is 79.9. The quantitative estimate of drug-likeness (QED) is 0.448. The van der Waals surface area contributed by atoms with Crippen LogP contribution in [0.5, 0.6) is 0 Å². The Balaban J connectivity index is 1.40. The fraction of sp³-hybridized carbons (Fsp3) is 0.286. The van der Waals surface area contributed by atoms with Crippen molar-refractivity contribution in [3.05, 3.63) is 74.7 Å². The molecule has 4 rings (SSSR count). The number of hydrogen-bond acceptors (Lipinski definition) is 5. The van der Waals surface area contributed by atoms with Gasteiger partial charge in [0, 0.05) is 34.4 Å². The van der Waals surface area contributed by atoms with Crippen molar-refractivity contribution in [1.82, 2.24) is 4.98 Å².